The van der Waals surface area contributed by atoms with Crippen LogP contribution in [0.3, 0.4) is 0 Å². The second-order valence-electron chi connectivity index (χ2n) is 12.3. The number of hydrogen-bond donors (Lipinski definition) is 4. The Balaban J connectivity index is 1.79. The van der Waals surface area contributed by atoms with Gasteiger partial charge in [-0.3, -0.25) is 23.8 Å². The van der Waals surface area contributed by atoms with Crippen molar-refractivity contribution in [2.45, 2.75) is 37.5 Å². The number of phenols is 1. The maximum Gasteiger partial charge on any atom is 0.355 e. The van der Waals surface area contributed by atoms with Crippen molar-refractivity contribution >= 4 is 24.9 Å². The molecule has 2 aromatic carbocycles. The number of nitrogens with zero attached hydrogens (tertiary/aromatic N) is 2. The Morgan fingerprint density at radius 3 is 2.24 bits per heavy atom. The molecule has 0 spiro atoms. The number of benzene rings is 2. The molecule has 0 radical (unpaired) electrons. The highest BCUT2D eigenvalue weighted by Crippen LogP contribution is 2.59. The number of Topliss-reactive ketones (excluding diaryl/α,β-unsaturated/α-hetero) is 3. The average molecular weight is 641 g/mol. The zero-order valence-corrected chi connectivity index (χ0v) is 26.7. The normalized spacial score (nSPS) is 29.2. The number of aliphatic hydroxyl groups is 3. The molecule has 12 nitrogen and oxygen atoms in total. The first-order chi connectivity index (χ1) is 21.0. The Kier molecular flexibility index (Phi) is 8.13. The number of aromatic hydroxyl groups is 1. The van der Waals surface area contributed by atoms with Crippen LogP contribution in [0, 0.1) is 11.8 Å². The highest BCUT2D eigenvalue weighted by molar-refractivity contribution is 7.56. The summed E-state index contributed by atoms with van der Waals surface area (Å²) in [7, 11) is 2.18. The van der Waals surface area contributed by atoms with Crippen LogP contribution in [0.1, 0.15) is 36.2 Å². The molecule has 240 valence electrons. The molecule has 0 saturated carbocycles. The Bertz CT molecular complexity index is 1700. The van der Waals surface area contributed by atoms with Gasteiger partial charge in [0.2, 0.25) is 0 Å². The van der Waals surface area contributed by atoms with E-state index in [9.17, 15) is 39.4 Å². The first kappa shape index (κ1) is 32.6. The van der Waals surface area contributed by atoms with Crippen molar-refractivity contribution in [1.82, 2.24) is 9.57 Å². The van der Waals surface area contributed by atoms with Crippen LogP contribution < -0.4 is 4.52 Å². The largest absolute Gasteiger partial charge is 0.508 e. The van der Waals surface area contributed by atoms with Crippen molar-refractivity contribution < 1.29 is 48.6 Å². The summed E-state index contributed by atoms with van der Waals surface area (Å²) in [4.78, 5) is 42.2. The Labute approximate surface area is 260 Å². The molecule has 0 amide bonds. The predicted molar refractivity (Wildman–Crippen MR) is 163 cm³/mol. The number of para-hydroxylation sites is 1. The highest BCUT2D eigenvalue weighted by Gasteiger charge is 2.65. The third kappa shape index (κ3) is 4.92. The summed E-state index contributed by atoms with van der Waals surface area (Å²) in [6.45, 7) is 2.51. The molecule has 13 heteroatoms. The smallest absolute Gasteiger partial charge is 0.355 e. The molecular weight excluding hydrogens is 603 g/mol. The fourth-order valence-electron chi connectivity index (χ4n) is 6.79. The number of ketones is 3. The lowest BCUT2D eigenvalue weighted by Gasteiger charge is -2.54. The van der Waals surface area contributed by atoms with E-state index in [1.165, 1.54) is 48.8 Å². The van der Waals surface area contributed by atoms with Gasteiger partial charge in [-0.05, 0) is 72.2 Å². The fourth-order valence-corrected chi connectivity index (χ4v) is 7.98. The first-order valence-electron chi connectivity index (χ1n) is 14.3. The number of carbonyl (C=O) groups excluding carboxylic acids is 3. The van der Waals surface area contributed by atoms with Crippen LogP contribution in [0.2, 0.25) is 0 Å². The SMILES string of the molecule is CC(=O)C1=C(O)C2(O)C(OCP(=O)(Oc3ccccc3)N(C)C)=C3C(=O)c4c(O)cccc4C(C)(O)C3CC2C(N(C)C)C1=O. The van der Waals surface area contributed by atoms with E-state index in [0.29, 0.717) is 0 Å². The van der Waals surface area contributed by atoms with Gasteiger partial charge in [0.1, 0.15) is 28.6 Å². The summed E-state index contributed by atoms with van der Waals surface area (Å²) in [6, 6.07) is 11.3. The maximum absolute atomic E-state index is 14.3. The molecule has 0 heterocycles. The lowest BCUT2D eigenvalue weighted by molar-refractivity contribution is -0.141. The second kappa shape index (κ2) is 11.2. The van der Waals surface area contributed by atoms with Gasteiger partial charge in [-0.15, -0.1) is 0 Å². The summed E-state index contributed by atoms with van der Waals surface area (Å²) in [5, 5.41) is 46.9. The van der Waals surface area contributed by atoms with E-state index in [1.807, 2.05) is 0 Å². The van der Waals surface area contributed by atoms with Crippen LogP contribution >= 0.6 is 7.52 Å². The fraction of sp³-hybridized carbons (Fsp3) is 0.406. The number of rotatable bonds is 8. The third-order valence-electron chi connectivity index (χ3n) is 9.08. The molecular formula is C32H37N2O10P. The van der Waals surface area contributed by atoms with Crippen LogP contribution in [0.15, 0.2) is 71.2 Å². The molecule has 6 atom stereocenters. The van der Waals surface area contributed by atoms with Crippen LogP contribution in [-0.2, 0) is 24.5 Å². The Morgan fingerprint density at radius 1 is 1.02 bits per heavy atom. The van der Waals surface area contributed by atoms with Gasteiger partial charge < -0.3 is 29.7 Å². The van der Waals surface area contributed by atoms with Crippen LogP contribution in [-0.4, -0.2) is 93.5 Å². The number of hydrogen-bond acceptors (Lipinski definition) is 11. The number of aliphatic hydroxyl groups excluding tert-OH is 1. The third-order valence-corrected chi connectivity index (χ3v) is 11.2. The number of fused-ring (bicyclic) bond motifs is 3. The van der Waals surface area contributed by atoms with Gasteiger partial charge in [-0.1, -0.05) is 30.3 Å². The quantitative estimate of drug-likeness (QED) is 0.246. The van der Waals surface area contributed by atoms with E-state index in [0.717, 1.165) is 6.92 Å². The summed E-state index contributed by atoms with van der Waals surface area (Å²) in [5.41, 5.74) is -5.54. The molecule has 6 unspecified atom stereocenters. The van der Waals surface area contributed by atoms with Gasteiger partial charge >= 0.3 is 7.52 Å². The number of carbonyl (C=O) groups is 3. The van der Waals surface area contributed by atoms with E-state index in [2.05, 4.69) is 0 Å². The molecule has 0 aromatic heterocycles. The molecule has 0 fully saturated rings. The lowest BCUT2D eigenvalue weighted by Crippen LogP contribution is -2.64. The molecule has 0 saturated heterocycles. The average Bonchev–Trinajstić information content (AvgIpc) is 2.95. The van der Waals surface area contributed by atoms with Gasteiger partial charge in [-0.2, -0.15) is 0 Å². The standard InChI is InChI=1S/C32H37N2O10P/c1-17(35)23-28(38)26(33(3)4)21-15-20-25(27(37)24-19(31(20,2)40)13-10-14-22(24)36)30(32(21,41)29(23)39)43-16-45(42,34(5)6)44-18-11-8-7-9-12-18/h7-14,20-21,26,36,39-41H,15-16H2,1-6H3. The van der Waals surface area contributed by atoms with Crippen LogP contribution in [0.5, 0.6) is 11.5 Å². The lowest BCUT2D eigenvalue weighted by atomic mass is 9.55. The summed E-state index contributed by atoms with van der Waals surface area (Å²) < 4.78 is 27.5. The molecule has 5 rings (SSSR count). The molecule has 45 heavy (non-hydrogen) atoms. The summed E-state index contributed by atoms with van der Waals surface area (Å²) >= 11 is 0. The number of ether oxygens (including phenoxy) is 1. The molecule has 0 aliphatic heterocycles. The monoisotopic (exact) mass is 640 g/mol. The zero-order valence-electron chi connectivity index (χ0n) is 25.8. The van der Waals surface area contributed by atoms with Crippen LogP contribution in [0.25, 0.3) is 0 Å². The number of phenolic OH excluding ortho intramolecular Hbond substituents is 1. The highest BCUT2D eigenvalue weighted by atomic mass is 31.2. The van der Waals surface area contributed by atoms with Gasteiger partial charge in [0, 0.05) is 17.4 Å². The van der Waals surface area contributed by atoms with E-state index in [4.69, 9.17) is 9.26 Å². The Hall–Kier alpha value is -3.80. The van der Waals surface area contributed by atoms with E-state index in [-0.39, 0.29) is 28.9 Å². The van der Waals surface area contributed by atoms with E-state index in [1.54, 1.807) is 44.4 Å². The van der Waals surface area contributed by atoms with Crippen LogP contribution in [0.4, 0.5) is 0 Å². The minimum atomic E-state index is -3.93. The molecule has 4 N–H and O–H groups in total. The van der Waals surface area contributed by atoms with Crippen molar-refractivity contribution in [1.29, 1.82) is 0 Å². The van der Waals surface area contributed by atoms with Crippen molar-refractivity contribution in [2.75, 3.05) is 34.5 Å². The maximum atomic E-state index is 14.3. The number of likely N-dealkylation sites (N-methyl/N-ethyl adjacent to an activating group) is 1. The van der Waals surface area contributed by atoms with Gasteiger partial charge in [-0.25, -0.2) is 4.67 Å². The van der Waals surface area contributed by atoms with Gasteiger partial charge in [0.15, 0.2) is 29.3 Å². The Morgan fingerprint density at radius 2 is 1.67 bits per heavy atom. The molecule has 0 bridgehead atoms. The van der Waals surface area contributed by atoms with Crippen molar-refractivity contribution in [2.24, 2.45) is 11.8 Å². The van der Waals surface area contributed by atoms with Crippen molar-refractivity contribution in [3.63, 3.8) is 0 Å². The molecule has 3 aliphatic carbocycles. The zero-order chi connectivity index (χ0) is 33.2. The topological polar surface area (TPSA) is 174 Å². The second-order valence-corrected chi connectivity index (χ2v) is 14.8. The van der Waals surface area contributed by atoms with Gasteiger partial charge in [0.25, 0.3) is 0 Å². The molecule has 3 aliphatic rings. The van der Waals surface area contributed by atoms with Gasteiger partial charge in [0.05, 0.1) is 17.2 Å². The minimum absolute atomic E-state index is 0.130. The first-order valence-corrected chi connectivity index (χ1v) is 16.1. The van der Waals surface area contributed by atoms with Crippen molar-refractivity contribution in [3.8, 4) is 11.5 Å². The summed E-state index contributed by atoms with van der Waals surface area (Å²) in [6.07, 6.45) is -0.954. The minimum Gasteiger partial charge on any atom is -0.508 e. The predicted octanol–water partition coefficient (Wildman–Crippen LogP) is 3.14. The van der Waals surface area contributed by atoms with E-state index < -0.39 is 83.1 Å². The molecule has 2 aromatic rings. The van der Waals surface area contributed by atoms with Crippen molar-refractivity contribution in [3.05, 3.63) is 82.3 Å². The summed E-state index contributed by atoms with van der Waals surface area (Å²) in [5.74, 6) is -6.50. The van der Waals surface area contributed by atoms with E-state index >= 15 is 0 Å².